The zero-order chi connectivity index (χ0) is 17.8. The number of carbonyl (C=O) groups is 2. The summed E-state index contributed by atoms with van der Waals surface area (Å²) in [6.07, 6.45) is 0.948. The molecule has 0 saturated carbocycles. The molecule has 0 spiro atoms. The Morgan fingerprint density at radius 1 is 1.26 bits per heavy atom. The normalized spacial score (nSPS) is 12.0. The number of carboxylic acid groups (broad SMARTS) is 1. The van der Waals surface area contributed by atoms with Crippen molar-refractivity contribution in [3.05, 3.63) is 29.3 Å². The van der Waals surface area contributed by atoms with Gasteiger partial charge in [0.05, 0.1) is 18.4 Å². The summed E-state index contributed by atoms with van der Waals surface area (Å²) in [7, 11) is -2.12. The van der Waals surface area contributed by atoms with Crippen LogP contribution in [0.15, 0.2) is 18.2 Å². The van der Waals surface area contributed by atoms with Gasteiger partial charge in [0.15, 0.2) is 0 Å². The van der Waals surface area contributed by atoms with E-state index >= 15 is 0 Å². The summed E-state index contributed by atoms with van der Waals surface area (Å²) in [5.41, 5.74) is -0.598. The van der Waals surface area contributed by atoms with Gasteiger partial charge in [-0.3, -0.25) is 4.79 Å². The van der Waals surface area contributed by atoms with E-state index in [0.717, 1.165) is 6.26 Å². The standard InChI is InChI=1S/C14H20N2O6S/c1-14(2,16-23(4,20)21)13(19)15-11-6-9(8-22-3)5-10(7-11)12(17)18/h5-7,16H,8H2,1-4H3,(H,15,19)(H,17,18). The minimum Gasteiger partial charge on any atom is -0.478 e. The minimum absolute atomic E-state index is 0.0104. The molecule has 3 N–H and O–H groups in total. The highest BCUT2D eigenvalue weighted by atomic mass is 32.2. The third-order valence-corrected chi connectivity index (χ3v) is 3.70. The zero-order valence-corrected chi connectivity index (χ0v) is 14.2. The van der Waals surface area contributed by atoms with Gasteiger partial charge in [0.2, 0.25) is 15.9 Å². The highest BCUT2D eigenvalue weighted by Gasteiger charge is 2.31. The van der Waals surface area contributed by atoms with E-state index in [1.54, 1.807) is 6.07 Å². The van der Waals surface area contributed by atoms with E-state index in [2.05, 4.69) is 10.0 Å². The molecule has 0 heterocycles. The maximum absolute atomic E-state index is 12.2. The highest BCUT2D eigenvalue weighted by molar-refractivity contribution is 7.88. The molecule has 8 nitrogen and oxygen atoms in total. The highest BCUT2D eigenvalue weighted by Crippen LogP contribution is 2.18. The minimum atomic E-state index is -3.58. The first-order valence-corrected chi connectivity index (χ1v) is 8.50. The molecule has 0 aliphatic carbocycles. The summed E-state index contributed by atoms with van der Waals surface area (Å²) in [5, 5.41) is 11.6. The van der Waals surface area contributed by atoms with E-state index in [1.165, 1.54) is 33.1 Å². The number of aromatic carboxylic acids is 1. The van der Waals surface area contributed by atoms with Crippen molar-refractivity contribution in [3.8, 4) is 0 Å². The maximum Gasteiger partial charge on any atom is 0.335 e. The van der Waals surface area contributed by atoms with Gasteiger partial charge in [0.1, 0.15) is 5.54 Å². The number of benzene rings is 1. The Morgan fingerprint density at radius 3 is 2.35 bits per heavy atom. The van der Waals surface area contributed by atoms with Gasteiger partial charge in [-0.15, -0.1) is 0 Å². The lowest BCUT2D eigenvalue weighted by atomic mass is 10.1. The Kier molecular flexibility index (Phi) is 5.86. The van der Waals surface area contributed by atoms with Crippen LogP contribution in [0.4, 0.5) is 5.69 Å². The Bertz CT molecular complexity index is 712. The van der Waals surface area contributed by atoms with Gasteiger partial charge < -0.3 is 15.2 Å². The number of amides is 1. The van der Waals surface area contributed by atoms with Crippen LogP contribution in [0.25, 0.3) is 0 Å². The number of ether oxygens (including phenoxy) is 1. The quantitative estimate of drug-likeness (QED) is 0.672. The number of rotatable bonds is 7. The maximum atomic E-state index is 12.2. The van der Waals surface area contributed by atoms with Crippen LogP contribution in [0, 0.1) is 0 Å². The van der Waals surface area contributed by atoms with Crippen LogP contribution in [0.3, 0.4) is 0 Å². The number of hydrogen-bond donors (Lipinski definition) is 3. The summed E-state index contributed by atoms with van der Waals surface area (Å²) < 4.78 is 29.8. The molecule has 1 rings (SSSR count). The summed E-state index contributed by atoms with van der Waals surface area (Å²) in [4.78, 5) is 23.4. The number of sulfonamides is 1. The first kappa shape index (κ1) is 19.1. The number of nitrogens with one attached hydrogen (secondary N) is 2. The van der Waals surface area contributed by atoms with Gasteiger partial charge in [-0.25, -0.2) is 17.9 Å². The van der Waals surface area contributed by atoms with E-state index in [1.807, 2.05) is 0 Å². The molecule has 0 aromatic heterocycles. The average molecular weight is 344 g/mol. The second-order valence-corrected chi connectivity index (χ2v) is 7.36. The third-order valence-electron chi connectivity index (χ3n) is 2.82. The Morgan fingerprint density at radius 2 is 1.87 bits per heavy atom. The van der Waals surface area contributed by atoms with Gasteiger partial charge in [0, 0.05) is 12.8 Å². The molecule has 1 amide bonds. The smallest absolute Gasteiger partial charge is 0.335 e. The van der Waals surface area contributed by atoms with Crippen LogP contribution >= 0.6 is 0 Å². The fourth-order valence-corrected chi connectivity index (χ4v) is 2.95. The molecule has 1 aromatic rings. The Labute approximate surface area is 134 Å². The second-order valence-electron chi connectivity index (χ2n) is 5.61. The lowest BCUT2D eigenvalue weighted by Gasteiger charge is -2.24. The molecular weight excluding hydrogens is 324 g/mol. The molecule has 0 bridgehead atoms. The number of anilines is 1. The molecule has 0 unspecified atom stereocenters. The molecule has 23 heavy (non-hydrogen) atoms. The Balaban J connectivity index is 3.07. The van der Waals surface area contributed by atoms with Gasteiger partial charge >= 0.3 is 5.97 Å². The molecule has 0 aliphatic rings. The summed E-state index contributed by atoms with van der Waals surface area (Å²) in [5.74, 6) is -1.76. The molecular formula is C14H20N2O6S. The summed E-state index contributed by atoms with van der Waals surface area (Å²) in [6.45, 7) is 2.98. The zero-order valence-electron chi connectivity index (χ0n) is 13.3. The third kappa shape index (κ3) is 5.97. The lowest BCUT2D eigenvalue weighted by Crippen LogP contribution is -2.51. The SMILES string of the molecule is COCc1cc(NC(=O)C(C)(C)NS(C)(=O)=O)cc(C(=O)O)c1. The monoisotopic (exact) mass is 344 g/mol. The molecule has 0 fully saturated rings. The van der Waals surface area contributed by atoms with Crippen molar-refractivity contribution >= 4 is 27.6 Å². The van der Waals surface area contributed by atoms with Gasteiger partial charge in [-0.05, 0) is 37.6 Å². The number of hydrogen-bond acceptors (Lipinski definition) is 5. The fraction of sp³-hybridized carbons (Fsp3) is 0.429. The number of carboxylic acids is 1. The average Bonchev–Trinajstić information content (AvgIpc) is 2.35. The van der Waals surface area contributed by atoms with Gasteiger partial charge in [-0.1, -0.05) is 0 Å². The van der Waals surface area contributed by atoms with E-state index in [0.29, 0.717) is 5.56 Å². The molecule has 0 saturated heterocycles. The topological polar surface area (TPSA) is 122 Å². The summed E-state index contributed by atoms with van der Waals surface area (Å²) >= 11 is 0. The van der Waals surface area contributed by atoms with Crippen molar-refractivity contribution in [2.75, 3.05) is 18.7 Å². The van der Waals surface area contributed by atoms with Gasteiger partial charge in [0.25, 0.3) is 0 Å². The molecule has 0 atom stereocenters. The largest absolute Gasteiger partial charge is 0.478 e. The van der Waals surface area contributed by atoms with Crippen molar-refractivity contribution in [3.63, 3.8) is 0 Å². The predicted molar refractivity (Wildman–Crippen MR) is 84.8 cm³/mol. The van der Waals surface area contributed by atoms with Gasteiger partial charge in [-0.2, -0.15) is 0 Å². The van der Waals surface area contributed by atoms with E-state index in [4.69, 9.17) is 9.84 Å². The number of carbonyl (C=O) groups excluding carboxylic acids is 1. The fourth-order valence-electron chi connectivity index (χ4n) is 1.93. The second kappa shape index (κ2) is 7.07. The van der Waals surface area contributed by atoms with Crippen LogP contribution in [0.2, 0.25) is 0 Å². The molecule has 0 radical (unpaired) electrons. The van der Waals surface area contributed by atoms with Crippen LogP contribution in [-0.2, 0) is 26.2 Å². The molecule has 9 heteroatoms. The van der Waals surface area contributed by atoms with E-state index in [-0.39, 0.29) is 17.9 Å². The van der Waals surface area contributed by atoms with Crippen molar-refractivity contribution in [2.24, 2.45) is 0 Å². The predicted octanol–water partition coefficient (Wildman–Crippen LogP) is 0.798. The van der Waals surface area contributed by atoms with Crippen LogP contribution in [0.1, 0.15) is 29.8 Å². The number of methoxy groups -OCH3 is 1. The van der Waals surface area contributed by atoms with E-state index in [9.17, 15) is 18.0 Å². The van der Waals surface area contributed by atoms with Crippen LogP contribution in [0.5, 0.6) is 0 Å². The van der Waals surface area contributed by atoms with Crippen molar-refractivity contribution in [1.82, 2.24) is 4.72 Å². The first-order valence-electron chi connectivity index (χ1n) is 6.61. The Hall–Kier alpha value is -1.97. The van der Waals surface area contributed by atoms with Crippen molar-refractivity contribution in [1.29, 1.82) is 0 Å². The molecule has 1 aromatic carbocycles. The van der Waals surface area contributed by atoms with Crippen molar-refractivity contribution < 1.29 is 27.9 Å². The van der Waals surface area contributed by atoms with E-state index < -0.39 is 27.4 Å². The lowest BCUT2D eigenvalue weighted by molar-refractivity contribution is -0.120. The molecule has 0 aliphatic heterocycles. The first-order chi connectivity index (χ1) is 10.4. The van der Waals surface area contributed by atoms with Crippen LogP contribution in [-0.4, -0.2) is 44.3 Å². The summed E-state index contributed by atoms with van der Waals surface area (Å²) in [6, 6.07) is 4.28. The van der Waals surface area contributed by atoms with Crippen LogP contribution < -0.4 is 10.0 Å². The van der Waals surface area contributed by atoms with Crippen molar-refractivity contribution in [2.45, 2.75) is 26.0 Å². The molecule has 128 valence electrons.